The van der Waals surface area contributed by atoms with Crippen LogP contribution in [-0.4, -0.2) is 66.3 Å². The first-order valence-corrected chi connectivity index (χ1v) is 18.6. The second-order valence-electron chi connectivity index (χ2n) is 13.7. The molecule has 250 valence electrons. The Balaban J connectivity index is 1.41. The molecule has 1 aliphatic carbocycles. The van der Waals surface area contributed by atoms with E-state index in [0.29, 0.717) is 38.3 Å². The number of ether oxygens (including phenoxy) is 3. The maximum atomic E-state index is 13.4. The van der Waals surface area contributed by atoms with Crippen molar-refractivity contribution >= 4 is 40.5 Å². The molecular formula is C36H47ClN2O6S. The molecule has 6 rings (SSSR count). The van der Waals surface area contributed by atoms with Crippen LogP contribution in [0, 0.1) is 17.8 Å². The molecule has 0 radical (unpaired) electrons. The number of aryl methyl sites for hydroxylation is 1. The first kappa shape index (κ1) is 33.4. The SMILES string of the molecule is CCCc1cc(Cl)ccc1C1COc2ccc3cc2N(C1)CC1CCC1C1(CCCC(C)C(C)S(=O)NC3=O)OCCOC1C=O. The lowest BCUT2D eigenvalue weighted by atomic mass is 9.61. The molecule has 0 aromatic heterocycles. The number of nitrogens with zero attached hydrogens (tertiary/aromatic N) is 1. The van der Waals surface area contributed by atoms with E-state index >= 15 is 0 Å². The second kappa shape index (κ2) is 14.3. The summed E-state index contributed by atoms with van der Waals surface area (Å²) >= 11 is 6.44. The molecular weight excluding hydrogens is 624 g/mol. The van der Waals surface area contributed by atoms with E-state index in [1.807, 2.05) is 25.1 Å². The van der Waals surface area contributed by atoms with Gasteiger partial charge in [-0.1, -0.05) is 44.4 Å². The van der Waals surface area contributed by atoms with Gasteiger partial charge in [-0.15, -0.1) is 0 Å². The van der Waals surface area contributed by atoms with Gasteiger partial charge < -0.3 is 23.9 Å². The highest BCUT2D eigenvalue weighted by molar-refractivity contribution is 7.84. The van der Waals surface area contributed by atoms with Gasteiger partial charge in [-0.3, -0.25) is 9.52 Å². The van der Waals surface area contributed by atoms with Crippen LogP contribution in [0.3, 0.4) is 0 Å². The number of carbonyl (C=O) groups is 2. The van der Waals surface area contributed by atoms with Crippen LogP contribution in [0.1, 0.15) is 86.7 Å². The topological polar surface area (TPSA) is 94.2 Å². The molecule has 2 aromatic carbocycles. The van der Waals surface area contributed by atoms with Gasteiger partial charge in [0.1, 0.15) is 28.4 Å². The Morgan fingerprint density at radius 2 is 1.96 bits per heavy atom. The van der Waals surface area contributed by atoms with Gasteiger partial charge in [0.15, 0.2) is 6.29 Å². The minimum atomic E-state index is -1.56. The van der Waals surface area contributed by atoms with Gasteiger partial charge in [-0.05, 0) is 98.2 Å². The molecule has 3 heterocycles. The Kier molecular flexibility index (Phi) is 10.4. The normalized spacial score (nSPS) is 33.6. The van der Waals surface area contributed by atoms with E-state index in [9.17, 15) is 13.8 Å². The van der Waals surface area contributed by atoms with Crippen LogP contribution in [0.5, 0.6) is 5.75 Å². The fourth-order valence-corrected chi connectivity index (χ4v) is 9.30. The maximum absolute atomic E-state index is 13.4. The lowest BCUT2D eigenvalue weighted by molar-refractivity contribution is -0.240. The van der Waals surface area contributed by atoms with E-state index in [1.165, 1.54) is 11.1 Å². The Labute approximate surface area is 280 Å². The second-order valence-corrected chi connectivity index (χ2v) is 15.6. The Hall–Kier alpha value is -2.46. The lowest BCUT2D eigenvalue weighted by Gasteiger charge is -2.54. The van der Waals surface area contributed by atoms with Crippen LogP contribution in [-0.2, 0) is 31.7 Å². The summed E-state index contributed by atoms with van der Waals surface area (Å²) < 4.78 is 35.3. The first-order valence-electron chi connectivity index (χ1n) is 17.0. The summed E-state index contributed by atoms with van der Waals surface area (Å²) in [6.45, 7) is 8.98. The fraction of sp³-hybridized carbons (Fsp3) is 0.611. The van der Waals surface area contributed by atoms with E-state index in [0.717, 1.165) is 67.8 Å². The predicted octanol–water partition coefficient (Wildman–Crippen LogP) is 6.26. The van der Waals surface area contributed by atoms with Crippen molar-refractivity contribution in [2.24, 2.45) is 17.8 Å². The minimum Gasteiger partial charge on any atom is -0.491 e. The zero-order valence-corrected chi connectivity index (χ0v) is 28.7. The van der Waals surface area contributed by atoms with Gasteiger partial charge in [0, 0.05) is 29.6 Å². The summed E-state index contributed by atoms with van der Waals surface area (Å²) in [5, 5.41) is 0.488. The zero-order chi connectivity index (χ0) is 32.4. The number of halogens is 1. The van der Waals surface area contributed by atoms with Crippen LogP contribution in [0.2, 0.25) is 5.02 Å². The van der Waals surface area contributed by atoms with Crippen LogP contribution in [0.15, 0.2) is 36.4 Å². The summed E-state index contributed by atoms with van der Waals surface area (Å²) in [4.78, 5) is 28.3. The third kappa shape index (κ3) is 6.62. The molecule has 1 amide bonds. The van der Waals surface area contributed by atoms with Gasteiger partial charge in [-0.2, -0.15) is 0 Å². The van der Waals surface area contributed by atoms with Crippen molar-refractivity contribution in [1.29, 1.82) is 0 Å². The molecule has 8 unspecified atom stereocenters. The number of fused-ring (bicyclic) bond motifs is 3. The molecule has 3 aliphatic heterocycles. The average Bonchev–Trinajstić information content (AvgIpc) is 3.21. The molecule has 8 nitrogen and oxygen atoms in total. The van der Waals surface area contributed by atoms with Crippen molar-refractivity contribution < 1.29 is 28.0 Å². The summed E-state index contributed by atoms with van der Waals surface area (Å²) in [5.74, 6) is 0.974. The van der Waals surface area contributed by atoms with Gasteiger partial charge in [-0.25, -0.2) is 4.21 Å². The van der Waals surface area contributed by atoms with E-state index < -0.39 is 22.7 Å². The molecule has 8 atom stereocenters. The highest BCUT2D eigenvalue weighted by Gasteiger charge is 2.55. The molecule has 2 aromatic rings. The Bertz CT molecular complexity index is 1460. The number of hydrogen-bond acceptors (Lipinski definition) is 7. The van der Waals surface area contributed by atoms with E-state index in [4.69, 9.17) is 25.8 Å². The molecule has 2 bridgehead atoms. The number of benzene rings is 2. The predicted molar refractivity (Wildman–Crippen MR) is 181 cm³/mol. The van der Waals surface area contributed by atoms with E-state index in [1.54, 1.807) is 6.07 Å². The highest BCUT2D eigenvalue weighted by atomic mass is 35.5. The van der Waals surface area contributed by atoms with Crippen molar-refractivity contribution in [3.05, 3.63) is 58.1 Å². The van der Waals surface area contributed by atoms with E-state index in [-0.39, 0.29) is 34.8 Å². The summed E-state index contributed by atoms with van der Waals surface area (Å²) in [7, 11) is -1.56. The molecule has 2 fully saturated rings. The van der Waals surface area contributed by atoms with Crippen molar-refractivity contribution in [1.82, 2.24) is 4.72 Å². The van der Waals surface area contributed by atoms with Crippen molar-refractivity contribution in [2.75, 3.05) is 37.8 Å². The number of rotatable bonds is 4. The third-order valence-electron chi connectivity index (χ3n) is 10.9. The molecule has 1 N–H and O–H groups in total. The van der Waals surface area contributed by atoms with Crippen molar-refractivity contribution in [3.63, 3.8) is 0 Å². The minimum absolute atomic E-state index is 0.0772. The van der Waals surface area contributed by atoms with Crippen LogP contribution < -0.4 is 14.4 Å². The van der Waals surface area contributed by atoms with Crippen LogP contribution in [0.4, 0.5) is 5.69 Å². The van der Waals surface area contributed by atoms with Gasteiger partial charge in [0.05, 0.1) is 30.8 Å². The Morgan fingerprint density at radius 1 is 1.11 bits per heavy atom. The largest absolute Gasteiger partial charge is 0.491 e. The Morgan fingerprint density at radius 3 is 2.72 bits per heavy atom. The smallest absolute Gasteiger partial charge is 0.263 e. The molecule has 1 saturated carbocycles. The first-order chi connectivity index (χ1) is 22.2. The van der Waals surface area contributed by atoms with Crippen LogP contribution >= 0.6 is 11.6 Å². The monoisotopic (exact) mass is 670 g/mol. The fourth-order valence-electron chi connectivity index (χ4n) is 8.06. The molecule has 4 aliphatic rings. The number of amides is 1. The summed E-state index contributed by atoms with van der Waals surface area (Å²) in [6.07, 6.45) is 6.57. The standard InChI is InChI=1S/C36H47ClN2O6S/c1-4-6-25-17-29(37)10-11-30(25)28-20-39-19-27-8-12-31(27)36(34(21-40)43-15-16-45-36)14-5-7-23(2)24(3)46(42)38-35(41)26-9-13-33(44-22-28)32(39)18-26/h9-11,13,17-18,21,23-24,27-28,31,34H,4-8,12,14-16,19-20,22H2,1-3H3,(H,38,41). The third-order valence-corrected chi connectivity index (χ3v) is 12.7. The van der Waals surface area contributed by atoms with Crippen LogP contribution in [0.25, 0.3) is 0 Å². The summed E-state index contributed by atoms with van der Waals surface area (Å²) in [6, 6.07) is 11.7. The van der Waals surface area contributed by atoms with Crippen molar-refractivity contribution in [2.45, 2.75) is 88.6 Å². The quantitative estimate of drug-likeness (QED) is 0.384. The summed E-state index contributed by atoms with van der Waals surface area (Å²) in [5.41, 5.74) is 3.09. The number of anilines is 1. The molecule has 1 saturated heterocycles. The van der Waals surface area contributed by atoms with Gasteiger partial charge in [0.25, 0.3) is 5.91 Å². The number of carbonyl (C=O) groups excluding carboxylic acids is 2. The molecule has 1 spiro atoms. The zero-order valence-electron chi connectivity index (χ0n) is 27.2. The maximum Gasteiger partial charge on any atom is 0.263 e. The molecule has 46 heavy (non-hydrogen) atoms. The average molecular weight is 671 g/mol. The van der Waals surface area contributed by atoms with Gasteiger partial charge in [0.2, 0.25) is 0 Å². The number of nitrogens with one attached hydrogen (secondary N) is 1. The molecule has 10 heteroatoms. The van der Waals surface area contributed by atoms with Gasteiger partial charge >= 0.3 is 0 Å². The number of aldehydes is 1. The van der Waals surface area contributed by atoms with E-state index in [2.05, 4.69) is 35.6 Å². The highest BCUT2D eigenvalue weighted by Crippen LogP contribution is 2.50. The lowest BCUT2D eigenvalue weighted by Crippen LogP contribution is -2.62. The number of hydrogen-bond donors (Lipinski definition) is 1. The van der Waals surface area contributed by atoms with Crippen molar-refractivity contribution in [3.8, 4) is 5.75 Å².